The summed E-state index contributed by atoms with van der Waals surface area (Å²) in [6.45, 7) is 0.841. The van der Waals surface area contributed by atoms with Crippen LogP contribution >= 0.6 is 11.6 Å². The third kappa shape index (κ3) is 1.22. The molecule has 3 N–H and O–H groups in total. The standard InChI is InChI=1S/C10H12ClN5/c1-15-5-7-8(13-14-16(7)2)6-3-4-12-10(11)9(6)15/h3-4,13-14H,5H2,1-2H3/p+1. The van der Waals surface area contributed by atoms with Crippen LogP contribution in [0.3, 0.4) is 0 Å². The second kappa shape index (κ2) is 3.35. The summed E-state index contributed by atoms with van der Waals surface area (Å²) >= 11 is 6.14. The van der Waals surface area contributed by atoms with Crippen LogP contribution < -0.4 is 15.9 Å². The van der Waals surface area contributed by atoms with Gasteiger partial charge < -0.3 is 4.90 Å². The largest absolute Gasteiger partial charge is 0.365 e. The second-order valence-corrected chi connectivity index (χ2v) is 4.40. The van der Waals surface area contributed by atoms with Crippen molar-refractivity contribution < 1.29 is 5.43 Å². The summed E-state index contributed by atoms with van der Waals surface area (Å²) in [6, 6.07) is 2.00. The van der Waals surface area contributed by atoms with Gasteiger partial charge in [0.05, 0.1) is 17.8 Å². The Balaban J connectivity index is 2.22. The van der Waals surface area contributed by atoms with Gasteiger partial charge >= 0.3 is 0 Å². The molecule has 84 valence electrons. The number of anilines is 1. The van der Waals surface area contributed by atoms with E-state index in [0.29, 0.717) is 5.15 Å². The zero-order valence-electron chi connectivity index (χ0n) is 9.16. The van der Waals surface area contributed by atoms with E-state index in [9.17, 15) is 0 Å². The number of hydrazine groups is 1. The summed E-state index contributed by atoms with van der Waals surface area (Å²) in [7, 11) is 4.04. The summed E-state index contributed by atoms with van der Waals surface area (Å²) in [6.07, 6.45) is 1.75. The van der Waals surface area contributed by atoms with E-state index < -0.39 is 0 Å². The Kier molecular flexibility index (Phi) is 2.07. The smallest absolute Gasteiger partial charge is 0.182 e. The number of nitrogens with two attached hydrogens (primary N) is 1. The number of rotatable bonds is 0. The summed E-state index contributed by atoms with van der Waals surface area (Å²) < 4.78 is 0. The summed E-state index contributed by atoms with van der Waals surface area (Å²) in [5.41, 5.74) is 9.82. The van der Waals surface area contributed by atoms with Crippen LogP contribution in [-0.4, -0.2) is 30.6 Å². The highest BCUT2D eigenvalue weighted by Crippen LogP contribution is 2.36. The van der Waals surface area contributed by atoms with E-state index in [1.54, 1.807) is 6.20 Å². The topological polar surface area (TPSA) is 48.0 Å². The van der Waals surface area contributed by atoms with Gasteiger partial charge in [-0.15, -0.1) is 0 Å². The number of nitrogens with one attached hydrogen (secondary N) is 1. The first-order chi connectivity index (χ1) is 7.68. The molecule has 0 unspecified atom stereocenters. The fourth-order valence-corrected chi connectivity index (χ4v) is 2.54. The first-order valence-electron chi connectivity index (χ1n) is 5.11. The van der Waals surface area contributed by atoms with Crippen LogP contribution in [0.5, 0.6) is 0 Å². The molecule has 3 rings (SSSR count). The number of quaternary nitrogens is 1. The van der Waals surface area contributed by atoms with Crippen LogP contribution in [0.25, 0.3) is 5.70 Å². The van der Waals surface area contributed by atoms with Gasteiger partial charge in [0.25, 0.3) is 0 Å². The van der Waals surface area contributed by atoms with E-state index in [2.05, 4.69) is 15.4 Å². The highest BCUT2D eigenvalue weighted by molar-refractivity contribution is 6.32. The van der Waals surface area contributed by atoms with Gasteiger partial charge in [-0.1, -0.05) is 17.1 Å². The molecule has 0 atom stereocenters. The third-order valence-electron chi connectivity index (χ3n) is 3.06. The fourth-order valence-electron chi connectivity index (χ4n) is 2.24. The summed E-state index contributed by atoms with van der Waals surface area (Å²) in [5, 5.41) is 2.60. The van der Waals surface area contributed by atoms with Crippen LogP contribution in [0.2, 0.25) is 5.15 Å². The molecule has 0 saturated heterocycles. The lowest BCUT2D eigenvalue weighted by Crippen LogP contribution is -2.89. The lowest BCUT2D eigenvalue weighted by atomic mass is 10.1. The van der Waals surface area contributed by atoms with Gasteiger partial charge in [0.15, 0.2) is 10.9 Å². The van der Waals surface area contributed by atoms with Gasteiger partial charge in [0.1, 0.15) is 5.70 Å². The van der Waals surface area contributed by atoms with Crippen molar-refractivity contribution in [3.05, 3.63) is 28.7 Å². The maximum absolute atomic E-state index is 6.14. The molecule has 1 aromatic heterocycles. The van der Waals surface area contributed by atoms with Crippen LogP contribution in [0.1, 0.15) is 5.56 Å². The Hall–Kier alpha value is -1.30. The Morgan fingerprint density at radius 1 is 1.50 bits per heavy atom. The molecule has 5 nitrogen and oxygen atoms in total. The number of nitrogens with zero attached hydrogens (tertiary/aromatic N) is 3. The average Bonchev–Trinajstić information content (AvgIpc) is 2.61. The fraction of sp³-hybridized carbons (Fsp3) is 0.300. The van der Waals surface area contributed by atoms with Gasteiger partial charge in [-0.25, -0.2) is 10.4 Å². The minimum absolute atomic E-state index is 0.564. The minimum Gasteiger partial charge on any atom is -0.365 e. The molecule has 0 amide bonds. The van der Waals surface area contributed by atoms with Crippen molar-refractivity contribution >= 4 is 23.0 Å². The zero-order chi connectivity index (χ0) is 11.3. The van der Waals surface area contributed by atoms with Gasteiger partial charge in [0.2, 0.25) is 0 Å². The number of halogens is 1. The number of hydrogen-bond donors (Lipinski definition) is 2. The molecule has 0 aliphatic carbocycles. The monoisotopic (exact) mass is 238 g/mol. The van der Waals surface area contributed by atoms with E-state index in [-0.39, 0.29) is 0 Å². The van der Waals surface area contributed by atoms with Crippen LogP contribution in [0.4, 0.5) is 5.69 Å². The van der Waals surface area contributed by atoms with Crippen LogP contribution in [0, 0.1) is 0 Å². The SMILES string of the molecule is CN1N[NH2+]C2=C1CN(C)c1c2ccnc1Cl. The first-order valence-corrected chi connectivity index (χ1v) is 5.48. The van der Waals surface area contributed by atoms with Crippen LogP contribution in [-0.2, 0) is 0 Å². The molecule has 2 aliphatic heterocycles. The van der Waals surface area contributed by atoms with Gasteiger partial charge in [0, 0.05) is 20.3 Å². The van der Waals surface area contributed by atoms with E-state index in [1.807, 2.05) is 30.6 Å². The molecule has 0 bridgehead atoms. The Labute approximate surface area is 98.6 Å². The third-order valence-corrected chi connectivity index (χ3v) is 3.33. The Morgan fingerprint density at radius 2 is 2.31 bits per heavy atom. The Morgan fingerprint density at radius 3 is 3.12 bits per heavy atom. The molecule has 0 radical (unpaired) electrons. The maximum Gasteiger partial charge on any atom is 0.182 e. The average molecular weight is 239 g/mol. The molecule has 1 aromatic rings. The molecule has 2 aliphatic rings. The van der Waals surface area contributed by atoms with Crippen molar-refractivity contribution in [2.75, 3.05) is 25.5 Å². The number of likely N-dealkylation sites (N-methyl/N-ethyl adjacent to an activating group) is 2. The molecule has 6 heteroatoms. The zero-order valence-corrected chi connectivity index (χ0v) is 9.91. The predicted molar refractivity (Wildman–Crippen MR) is 62.3 cm³/mol. The van der Waals surface area contributed by atoms with E-state index in [0.717, 1.165) is 17.8 Å². The normalized spacial score (nSPS) is 18.9. The van der Waals surface area contributed by atoms with Gasteiger partial charge in [-0.05, 0) is 6.07 Å². The Bertz CT molecular complexity index is 484. The highest BCUT2D eigenvalue weighted by Gasteiger charge is 2.34. The first kappa shape index (κ1) is 9.89. The highest BCUT2D eigenvalue weighted by atomic mass is 35.5. The van der Waals surface area contributed by atoms with Crippen molar-refractivity contribution in [1.29, 1.82) is 0 Å². The van der Waals surface area contributed by atoms with Crippen molar-refractivity contribution in [3.8, 4) is 0 Å². The lowest BCUT2D eigenvalue weighted by molar-refractivity contribution is -0.639. The lowest BCUT2D eigenvalue weighted by Gasteiger charge is -2.27. The summed E-state index contributed by atoms with van der Waals surface area (Å²) in [5.74, 6) is 0. The van der Waals surface area contributed by atoms with E-state index >= 15 is 0 Å². The van der Waals surface area contributed by atoms with Crippen molar-refractivity contribution in [3.63, 3.8) is 0 Å². The molecule has 0 spiro atoms. The summed E-state index contributed by atoms with van der Waals surface area (Å²) in [4.78, 5) is 6.26. The molecular weight excluding hydrogens is 226 g/mol. The van der Waals surface area contributed by atoms with Crippen molar-refractivity contribution in [2.45, 2.75) is 0 Å². The van der Waals surface area contributed by atoms with E-state index in [1.165, 1.54) is 11.4 Å². The molecule has 0 fully saturated rings. The maximum atomic E-state index is 6.14. The van der Waals surface area contributed by atoms with Crippen LogP contribution in [0.15, 0.2) is 18.0 Å². The van der Waals surface area contributed by atoms with Gasteiger partial charge in [-0.3, -0.25) is 5.01 Å². The molecule has 0 aromatic carbocycles. The molecule has 16 heavy (non-hydrogen) atoms. The second-order valence-electron chi connectivity index (χ2n) is 4.05. The van der Waals surface area contributed by atoms with Gasteiger partial charge in [-0.2, -0.15) is 0 Å². The number of pyridine rings is 1. The number of aromatic nitrogens is 1. The van der Waals surface area contributed by atoms with Crippen molar-refractivity contribution in [2.24, 2.45) is 0 Å². The number of hydrogen-bond acceptors (Lipinski definition) is 4. The predicted octanol–water partition coefficient (Wildman–Crippen LogP) is -0.218. The van der Waals surface area contributed by atoms with E-state index in [4.69, 9.17) is 11.6 Å². The molecule has 3 heterocycles. The number of fused-ring (bicyclic) bond motifs is 2. The van der Waals surface area contributed by atoms with Crippen molar-refractivity contribution in [1.82, 2.24) is 15.5 Å². The molecule has 0 saturated carbocycles. The quantitative estimate of drug-likeness (QED) is 0.485. The molecular formula is C10H13ClN5+. The minimum atomic E-state index is 0.564.